The Morgan fingerprint density at radius 3 is 2.53 bits per heavy atom. The molecule has 1 saturated carbocycles. The van der Waals surface area contributed by atoms with Crippen LogP contribution in [0.3, 0.4) is 0 Å². The fourth-order valence-electron chi connectivity index (χ4n) is 2.05. The average molecular weight is 374 g/mol. The summed E-state index contributed by atoms with van der Waals surface area (Å²) in [4.78, 5) is 22.9. The second-order valence-corrected chi connectivity index (χ2v) is 5.89. The van der Waals surface area contributed by atoms with Gasteiger partial charge in [-0.05, 0) is 47.6 Å². The van der Waals surface area contributed by atoms with Gasteiger partial charge in [-0.3, -0.25) is 4.79 Å². The number of urea groups is 1. The third-order valence-electron chi connectivity index (χ3n) is 3.47. The highest BCUT2D eigenvalue weighted by Crippen LogP contribution is 2.40. The molecular weight excluding hydrogens is 359 g/mol. The second kappa shape index (κ2) is 5.77. The van der Waals surface area contributed by atoms with Crippen molar-refractivity contribution in [2.75, 3.05) is 11.9 Å². The number of carbonyl (C=O) groups is 2. The molecule has 19 heavy (non-hydrogen) atoms. The van der Waals surface area contributed by atoms with E-state index in [9.17, 15) is 9.59 Å². The number of amides is 2. The SMILES string of the molecule is O=C(NCC1(C(=O)O)CCC1)Nc1ccccc1I. The van der Waals surface area contributed by atoms with Gasteiger partial charge >= 0.3 is 12.0 Å². The first-order chi connectivity index (χ1) is 9.03. The molecule has 0 bridgehead atoms. The largest absolute Gasteiger partial charge is 0.481 e. The zero-order valence-electron chi connectivity index (χ0n) is 10.3. The van der Waals surface area contributed by atoms with Crippen LogP contribution in [0.1, 0.15) is 19.3 Å². The molecule has 102 valence electrons. The molecule has 2 amide bonds. The van der Waals surface area contributed by atoms with Gasteiger partial charge < -0.3 is 15.7 Å². The summed E-state index contributed by atoms with van der Waals surface area (Å²) in [5, 5.41) is 14.5. The van der Waals surface area contributed by atoms with Crippen molar-refractivity contribution in [1.29, 1.82) is 0 Å². The lowest BCUT2D eigenvalue weighted by molar-refractivity contribution is -0.153. The molecule has 0 spiro atoms. The lowest BCUT2D eigenvalue weighted by atomic mass is 9.69. The van der Waals surface area contributed by atoms with Gasteiger partial charge in [0.15, 0.2) is 0 Å². The van der Waals surface area contributed by atoms with E-state index in [4.69, 9.17) is 5.11 Å². The van der Waals surface area contributed by atoms with Gasteiger partial charge in [0.05, 0.1) is 11.1 Å². The molecule has 1 aromatic carbocycles. The van der Waals surface area contributed by atoms with Gasteiger partial charge in [-0.15, -0.1) is 0 Å². The van der Waals surface area contributed by atoms with Crippen LogP contribution in [0, 0.1) is 8.99 Å². The number of hydrogen-bond acceptors (Lipinski definition) is 2. The number of halogens is 1. The first-order valence-electron chi connectivity index (χ1n) is 6.06. The lowest BCUT2D eigenvalue weighted by Crippen LogP contribution is -2.48. The van der Waals surface area contributed by atoms with E-state index in [-0.39, 0.29) is 12.6 Å². The van der Waals surface area contributed by atoms with Gasteiger partial charge in [0, 0.05) is 10.1 Å². The highest BCUT2D eigenvalue weighted by molar-refractivity contribution is 14.1. The van der Waals surface area contributed by atoms with Crippen LogP contribution >= 0.6 is 22.6 Å². The van der Waals surface area contributed by atoms with Crippen molar-refractivity contribution in [3.63, 3.8) is 0 Å². The predicted octanol–water partition coefficient (Wildman–Crippen LogP) is 2.67. The van der Waals surface area contributed by atoms with Crippen LogP contribution in [0.4, 0.5) is 10.5 Å². The van der Waals surface area contributed by atoms with Crippen LogP contribution in [0.5, 0.6) is 0 Å². The van der Waals surface area contributed by atoms with E-state index in [2.05, 4.69) is 33.2 Å². The summed E-state index contributed by atoms with van der Waals surface area (Å²) < 4.78 is 0.937. The molecule has 0 heterocycles. The zero-order valence-corrected chi connectivity index (χ0v) is 12.4. The maximum absolute atomic E-state index is 11.8. The Morgan fingerprint density at radius 2 is 2.00 bits per heavy atom. The number of carboxylic acids is 1. The summed E-state index contributed by atoms with van der Waals surface area (Å²) in [5.74, 6) is -0.826. The Kier molecular flexibility index (Phi) is 4.28. The summed E-state index contributed by atoms with van der Waals surface area (Å²) in [6, 6.07) is 7.05. The van der Waals surface area contributed by atoms with Crippen molar-refractivity contribution in [1.82, 2.24) is 5.32 Å². The highest BCUT2D eigenvalue weighted by Gasteiger charge is 2.44. The molecule has 0 saturated heterocycles. The van der Waals surface area contributed by atoms with Crippen LogP contribution in [0.15, 0.2) is 24.3 Å². The number of aliphatic carboxylic acids is 1. The van der Waals surface area contributed by atoms with Gasteiger partial charge in [-0.25, -0.2) is 4.79 Å². The number of para-hydroxylation sites is 1. The normalized spacial score (nSPS) is 16.3. The van der Waals surface area contributed by atoms with E-state index in [0.717, 1.165) is 15.7 Å². The number of hydrogen-bond donors (Lipinski definition) is 3. The summed E-state index contributed by atoms with van der Waals surface area (Å²) in [7, 11) is 0. The number of rotatable bonds is 4. The van der Waals surface area contributed by atoms with Crippen LogP contribution < -0.4 is 10.6 Å². The van der Waals surface area contributed by atoms with Crippen molar-refractivity contribution in [3.05, 3.63) is 27.8 Å². The van der Waals surface area contributed by atoms with Gasteiger partial charge in [-0.1, -0.05) is 18.6 Å². The Morgan fingerprint density at radius 1 is 1.32 bits per heavy atom. The van der Waals surface area contributed by atoms with Crippen LogP contribution in [0.2, 0.25) is 0 Å². The summed E-state index contributed by atoms with van der Waals surface area (Å²) >= 11 is 2.13. The lowest BCUT2D eigenvalue weighted by Gasteiger charge is -2.37. The van der Waals surface area contributed by atoms with Crippen molar-refractivity contribution < 1.29 is 14.7 Å². The molecule has 5 nitrogen and oxygen atoms in total. The van der Waals surface area contributed by atoms with E-state index >= 15 is 0 Å². The second-order valence-electron chi connectivity index (χ2n) is 4.73. The molecule has 1 aliphatic rings. The van der Waals surface area contributed by atoms with E-state index < -0.39 is 11.4 Å². The van der Waals surface area contributed by atoms with Crippen molar-refractivity contribution >= 4 is 40.3 Å². The van der Waals surface area contributed by atoms with Crippen LogP contribution in [0.25, 0.3) is 0 Å². The standard InChI is InChI=1S/C13H15IN2O3/c14-9-4-1-2-5-10(9)16-12(19)15-8-13(11(17)18)6-3-7-13/h1-2,4-5H,3,6-8H2,(H,17,18)(H2,15,16,19). The smallest absolute Gasteiger partial charge is 0.319 e. The summed E-state index contributed by atoms with van der Waals surface area (Å²) in [6.07, 6.45) is 2.17. The molecule has 0 atom stereocenters. The van der Waals surface area contributed by atoms with Crippen molar-refractivity contribution in [2.24, 2.45) is 5.41 Å². The van der Waals surface area contributed by atoms with Crippen molar-refractivity contribution in [3.8, 4) is 0 Å². The van der Waals surface area contributed by atoms with E-state index in [0.29, 0.717) is 12.8 Å². The third kappa shape index (κ3) is 3.17. The number of carbonyl (C=O) groups excluding carboxylic acids is 1. The molecule has 0 aliphatic heterocycles. The Labute approximate surface area is 124 Å². The molecular formula is C13H15IN2O3. The minimum atomic E-state index is -0.826. The van der Waals surface area contributed by atoms with Gasteiger partial charge in [0.1, 0.15) is 0 Å². The number of nitrogens with one attached hydrogen (secondary N) is 2. The summed E-state index contributed by atoms with van der Waals surface area (Å²) in [6.45, 7) is 0.178. The molecule has 3 N–H and O–H groups in total. The maximum Gasteiger partial charge on any atom is 0.319 e. The van der Waals surface area contributed by atoms with Gasteiger partial charge in [0.25, 0.3) is 0 Å². The number of carboxylic acid groups (broad SMARTS) is 1. The molecule has 0 aromatic heterocycles. The Hall–Kier alpha value is -1.31. The van der Waals surface area contributed by atoms with Crippen LogP contribution in [-0.4, -0.2) is 23.7 Å². The monoisotopic (exact) mass is 374 g/mol. The third-order valence-corrected chi connectivity index (χ3v) is 4.41. The minimum absolute atomic E-state index is 0.178. The van der Waals surface area contributed by atoms with E-state index in [1.807, 2.05) is 18.2 Å². The zero-order chi connectivity index (χ0) is 13.9. The number of benzene rings is 1. The average Bonchev–Trinajstić information content (AvgIpc) is 2.30. The number of anilines is 1. The van der Waals surface area contributed by atoms with Crippen molar-refractivity contribution in [2.45, 2.75) is 19.3 Å². The molecule has 1 aromatic rings. The minimum Gasteiger partial charge on any atom is -0.481 e. The highest BCUT2D eigenvalue weighted by atomic mass is 127. The maximum atomic E-state index is 11.8. The molecule has 6 heteroatoms. The quantitative estimate of drug-likeness (QED) is 0.710. The van der Waals surface area contributed by atoms with E-state index in [1.165, 1.54) is 0 Å². The molecule has 0 radical (unpaired) electrons. The van der Waals surface area contributed by atoms with Gasteiger partial charge in [0.2, 0.25) is 0 Å². The Bertz CT molecular complexity index is 500. The first-order valence-corrected chi connectivity index (χ1v) is 7.14. The fourth-order valence-corrected chi connectivity index (χ4v) is 2.57. The van der Waals surface area contributed by atoms with Crippen LogP contribution in [-0.2, 0) is 4.79 Å². The predicted molar refractivity (Wildman–Crippen MR) is 80.1 cm³/mol. The first kappa shape index (κ1) is 14.1. The molecule has 2 rings (SSSR count). The van der Waals surface area contributed by atoms with Gasteiger partial charge in [-0.2, -0.15) is 0 Å². The Balaban J connectivity index is 1.89. The van der Waals surface area contributed by atoms with E-state index in [1.54, 1.807) is 6.07 Å². The summed E-state index contributed by atoms with van der Waals surface area (Å²) in [5.41, 5.74) is -0.0418. The molecule has 1 fully saturated rings. The fraction of sp³-hybridized carbons (Fsp3) is 0.385. The molecule has 1 aliphatic carbocycles. The molecule has 0 unspecified atom stereocenters. The topological polar surface area (TPSA) is 78.4 Å².